The molecule has 92 valence electrons. The highest BCUT2D eigenvalue weighted by Gasteiger charge is 2.16. The maximum atomic E-state index is 13.2. The fourth-order valence-electron chi connectivity index (χ4n) is 1.93. The van der Waals surface area contributed by atoms with Crippen molar-refractivity contribution in [1.29, 1.82) is 5.26 Å². The zero-order chi connectivity index (χ0) is 13.4. The van der Waals surface area contributed by atoms with Crippen molar-refractivity contribution in [1.82, 2.24) is 4.57 Å². The molecule has 0 radical (unpaired) electrons. The summed E-state index contributed by atoms with van der Waals surface area (Å²) >= 11 is 3.14. The number of nitriles is 1. The Morgan fingerprint density at radius 3 is 2.56 bits per heavy atom. The quantitative estimate of drug-likeness (QED) is 0.877. The summed E-state index contributed by atoms with van der Waals surface area (Å²) in [5, 5.41) is 9.07. The minimum Gasteiger partial charge on any atom is -0.384 e. The van der Waals surface area contributed by atoms with E-state index in [4.69, 9.17) is 11.0 Å². The van der Waals surface area contributed by atoms with Gasteiger partial charge < -0.3 is 5.73 Å². The van der Waals surface area contributed by atoms with E-state index in [1.807, 2.05) is 13.8 Å². The summed E-state index contributed by atoms with van der Waals surface area (Å²) < 4.78 is 15.3. The Balaban J connectivity index is 2.72. The Bertz CT molecular complexity index is 668. The molecule has 2 rings (SSSR count). The SMILES string of the molecule is Cc1c(C#N)c(N)n(-c2ccc(F)c(Br)c2)c1C. The number of benzene rings is 1. The van der Waals surface area contributed by atoms with Crippen LogP contribution in [0.25, 0.3) is 5.69 Å². The molecule has 0 aliphatic heterocycles. The lowest BCUT2D eigenvalue weighted by Gasteiger charge is -2.09. The van der Waals surface area contributed by atoms with Gasteiger partial charge in [-0.15, -0.1) is 0 Å². The van der Waals surface area contributed by atoms with E-state index in [0.717, 1.165) is 16.9 Å². The molecule has 5 heteroatoms. The average Bonchev–Trinajstić information content (AvgIpc) is 2.54. The van der Waals surface area contributed by atoms with Crippen LogP contribution in [-0.2, 0) is 0 Å². The molecule has 0 aliphatic rings. The molecule has 0 unspecified atom stereocenters. The van der Waals surface area contributed by atoms with Crippen LogP contribution in [0.1, 0.15) is 16.8 Å². The van der Waals surface area contributed by atoms with E-state index >= 15 is 0 Å². The van der Waals surface area contributed by atoms with Crippen molar-refractivity contribution >= 4 is 21.7 Å². The minimum atomic E-state index is -0.334. The molecule has 1 aromatic carbocycles. The predicted octanol–water partition coefficient (Wildman–Crippen LogP) is 3.45. The topological polar surface area (TPSA) is 54.7 Å². The number of rotatable bonds is 1. The lowest BCUT2D eigenvalue weighted by Crippen LogP contribution is -2.02. The summed E-state index contributed by atoms with van der Waals surface area (Å²) in [5.41, 5.74) is 8.88. The fourth-order valence-corrected chi connectivity index (χ4v) is 2.30. The van der Waals surface area contributed by atoms with E-state index in [1.165, 1.54) is 6.07 Å². The fraction of sp³-hybridized carbons (Fsp3) is 0.154. The first-order valence-electron chi connectivity index (χ1n) is 5.30. The van der Waals surface area contributed by atoms with Gasteiger partial charge in [0.15, 0.2) is 0 Å². The minimum absolute atomic E-state index is 0.334. The second kappa shape index (κ2) is 4.46. The lowest BCUT2D eigenvalue weighted by molar-refractivity contribution is 0.620. The van der Waals surface area contributed by atoms with Gasteiger partial charge in [-0.05, 0) is 53.5 Å². The predicted molar refractivity (Wildman–Crippen MR) is 72.0 cm³/mol. The maximum absolute atomic E-state index is 13.2. The van der Waals surface area contributed by atoms with E-state index in [2.05, 4.69) is 22.0 Å². The highest BCUT2D eigenvalue weighted by molar-refractivity contribution is 9.10. The third kappa shape index (κ3) is 1.79. The van der Waals surface area contributed by atoms with Crippen LogP contribution in [0.5, 0.6) is 0 Å². The van der Waals surface area contributed by atoms with E-state index < -0.39 is 0 Å². The molecule has 0 aliphatic carbocycles. The largest absolute Gasteiger partial charge is 0.384 e. The van der Waals surface area contributed by atoms with Crippen LogP contribution in [-0.4, -0.2) is 4.57 Å². The van der Waals surface area contributed by atoms with Crippen LogP contribution < -0.4 is 5.73 Å². The number of aromatic nitrogens is 1. The van der Waals surface area contributed by atoms with Crippen molar-refractivity contribution in [2.75, 3.05) is 5.73 Å². The van der Waals surface area contributed by atoms with Gasteiger partial charge in [-0.3, -0.25) is 4.57 Å². The first-order chi connectivity index (χ1) is 8.47. The lowest BCUT2D eigenvalue weighted by atomic mass is 10.2. The van der Waals surface area contributed by atoms with Gasteiger partial charge in [0.25, 0.3) is 0 Å². The molecule has 18 heavy (non-hydrogen) atoms. The first kappa shape index (κ1) is 12.7. The Hall–Kier alpha value is -1.80. The van der Waals surface area contributed by atoms with Crippen LogP contribution >= 0.6 is 15.9 Å². The molecule has 2 aromatic rings. The van der Waals surface area contributed by atoms with E-state index in [1.54, 1.807) is 16.7 Å². The summed E-state index contributed by atoms with van der Waals surface area (Å²) in [6.45, 7) is 3.73. The smallest absolute Gasteiger partial charge is 0.137 e. The second-order valence-corrected chi connectivity index (χ2v) is 4.87. The maximum Gasteiger partial charge on any atom is 0.137 e. The van der Waals surface area contributed by atoms with Gasteiger partial charge >= 0.3 is 0 Å². The van der Waals surface area contributed by atoms with Gasteiger partial charge in [0, 0.05) is 11.4 Å². The average molecular weight is 308 g/mol. The summed E-state index contributed by atoms with van der Waals surface area (Å²) in [4.78, 5) is 0. The molecule has 0 fully saturated rings. The van der Waals surface area contributed by atoms with Gasteiger partial charge in [0.2, 0.25) is 0 Å². The van der Waals surface area contributed by atoms with Crippen molar-refractivity contribution in [2.45, 2.75) is 13.8 Å². The van der Waals surface area contributed by atoms with Gasteiger partial charge in [0.1, 0.15) is 17.7 Å². The van der Waals surface area contributed by atoms with Crippen LogP contribution in [0.15, 0.2) is 22.7 Å². The molecule has 2 N–H and O–H groups in total. The van der Waals surface area contributed by atoms with Crippen LogP contribution in [0, 0.1) is 31.0 Å². The molecule has 0 atom stereocenters. The number of hydrogen-bond donors (Lipinski definition) is 1. The van der Waals surface area contributed by atoms with Crippen LogP contribution in [0.3, 0.4) is 0 Å². The zero-order valence-corrected chi connectivity index (χ0v) is 11.5. The van der Waals surface area contributed by atoms with Crippen molar-refractivity contribution in [3.63, 3.8) is 0 Å². The van der Waals surface area contributed by atoms with Gasteiger partial charge in [-0.25, -0.2) is 4.39 Å². The van der Waals surface area contributed by atoms with E-state index in [9.17, 15) is 4.39 Å². The first-order valence-corrected chi connectivity index (χ1v) is 6.09. The molecule has 0 saturated carbocycles. The van der Waals surface area contributed by atoms with Gasteiger partial charge in [-0.2, -0.15) is 5.26 Å². The number of nitrogens with two attached hydrogens (primary N) is 1. The molecular formula is C13H11BrFN3. The van der Waals surface area contributed by atoms with Gasteiger partial charge in [-0.1, -0.05) is 0 Å². The third-order valence-corrected chi connectivity index (χ3v) is 3.63. The van der Waals surface area contributed by atoms with E-state index in [-0.39, 0.29) is 5.82 Å². The van der Waals surface area contributed by atoms with Crippen LogP contribution in [0.4, 0.5) is 10.2 Å². The number of anilines is 1. The van der Waals surface area contributed by atoms with Crippen molar-refractivity contribution in [2.24, 2.45) is 0 Å². The summed E-state index contributed by atoms with van der Waals surface area (Å²) in [5.74, 6) is 0.0466. The van der Waals surface area contributed by atoms with Crippen LogP contribution in [0.2, 0.25) is 0 Å². The molecule has 0 amide bonds. The highest BCUT2D eigenvalue weighted by Crippen LogP contribution is 2.29. The number of halogens is 2. The van der Waals surface area contributed by atoms with Crippen molar-refractivity contribution in [3.8, 4) is 11.8 Å². The standard InChI is InChI=1S/C13H11BrFN3/c1-7-8(2)18(13(17)10(7)6-16)9-3-4-12(15)11(14)5-9/h3-5H,17H2,1-2H3. The van der Waals surface area contributed by atoms with Crippen molar-refractivity contribution < 1.29 is 4.39 Å². The Labute approximate surface area is 113 Å². The number of nitrogens with zero attached hydrogens (tertiary/aromatic N) is 2. The molecule has 1 heterocycles. The summed E-state index contributed by atoms with van der Waals surface area (Å²) in [7, 11) is 0. The zero-order valence-electron chi connectivity index (χ0n) is 9.96. The summed E-state index contributed by atoms with van der Waals surface area (Å²) in [6, 6.07) is 6.72. The number of nitrogen functional groups attached to an aromatic ring is 1. The Kier molecular flexibility index (Phi) is 3.14. The molecule has 0 spiro atoms. The third-order valence-electron chi connectivity index (χ3n) is 3.02. The monoisotopic (exact) mass is 307 g/mol. The van der Waals surface area contributed by atoms with Gasteiger partial charge in [0.05, 0.1) is 10.0 Å². The highest BCUT2D eigenvalue weighted by atomic mass is 79.9. The number of hydrogen-bond acceptors (Lipinski definition) is 2. The van der Waals surface area contributed by atoms with E-state index in [0.29, 0.717) is 15.9 Å². The Morgan fingerprint density at radius 1 is 1.39 bits per heavy atom. The molecule has 3 nitrogen and oxygen atoms in total. The molecular weight excluding hydrogens is 297 g/mol. The molecule has 0 saturated heterocycles. The normalized spacial score (nSPS) is 10.4. The molecule has 0 bridgehead atoms. The Morgan fingerprint density at radius 2 is 2.06 bits per heavy atom. The van der Waals surface area contributed by atoms with Crippen molar-refractivity contribution in [3.05, 3.63) is 45.3 Å². The second-order valence-electron chi connectivity index (χ2n) is 4.02. The summed E-state index contributed by atoms with van der Waals surface area (Å²) in [6.07, 6.45) is 0. The molecule has 1 aromatic heterocycles.